The third-order valence-electron chi connectivity index (χ3n) is 4.80. The smallest absolute Gasteiger partial charge is 0.224 e. The molecule has 0 aliphatic carbocycles. The molecule has 1 fully saturated rings. The summed E-state index contributed by atoms with van der Waals surface area (Å²) in [5.41, 5.74) is 2.03. The van der Waals surface area contributed by atoms with Crippen LogP contribution in [0, 0.1) is 25.2 Å². The number of nitrogens with one attached hydrogen (secondary N) is 1. The van der Waals surface area contributed by atoms with Gasteiger partial charge in [-0.1, -0.05) is 6.07 Å². The predicted molar refractivity (Wildman–Crippen MR) is 102 cm³/mol. The minimum atomic E-state index is 0.0958. The molecule has 0 aromatic carbocycles. The second-order valence-electron chi connectivity index (χ2n) is 6.48. The van der Waals surface area contributed by atoms with Gasteiger partial charge >= 0.3 is 0 Å². The molecule has 1 amide bonds. The van der Waals surface area contributed by atoms with Gasteiger partial charge in [0.05, 0.1) is 5.69 Å². The average Bonchev–Trinajstić information content (AvgIpc) is 2.71. The van der Waals surface area contributed by atoms with E-state index in [1.807, 2.05) is 36.9 Å². The Bertz CT molecular complexity index is 839. The minimum absolute atomic E-state index is 0.0958. The number of pyridine rings is 1. The second kappa shape index (κ2) is 8.45. The van der Waals surface area contributed by atoms with Crippen molar-refractivity contribution in [3.8, 4) is 6.07 Å². The van der Waals surface area contributed by atoms with Crippen molar-refractivity contribution in [2.45, 2.75) is 20.3 Å². The molecule has 1 saturated heterocycles. The highest BCUT2D eigenvalue weighted by Gasteiger charge is 2.21. The van der Waals surface area contributed by atoms with E-state index in [-0.39, 0.29) is 5.91 Å². The van der Waals surface area contributed by atoms with Gasteiger partial charge in [0.1, 0.15) is 17.5 Å². The summed E-state index contributed by atoms with van der Waals surface area (Å²) in [6.45, 7) is 7.01. The highest BCUT2D eigenvalue weighted by molar-refractivity contribution is 5.77. The number of hydrogen-bond donors (Lipinski definition) is 1. The van der Waals surface area contributed by atoms with E-state index in [9.17, 15) is 10.1 Å². The topological polar surface area (TPSA) is 98.0 Å². The van der Waals surface area contributed by atoms with Crippen LogP contribution in [0.2, 0.25) is 0 Å². The Morgan fingerprint density at radius 3 is 2.67 bits per heavy atom. The molecule has 0 radical (unpaired) electrons. The standard InChI is InChI=1S/C19H23N7O/c1-14-15(2)23-24-19(16(14)13-20)22-8-6-18(27)26-11-9-25(10-12-26)17-5-3-4-7-21-17/h3-5,7H,6,8-12H2,1-2H3,(H,22,24). The van der Waals surface area contributed by atoms with Gasteiger partial charge in [-0.3, -0.25) is 4.79 Å². The molecule has 2 aromatic heterocycles. The molecular formula is C19H23N7O. The van der Waals surface area contributed by atoms with Crippen molar-refractivity contribution in [3.05, 3.63) is 41.2 Å². The average molecular weight is 365 g/mol. The summed E-state index contributed by atoms with van der Waals surface area (Å²) < 4.78 is 0. The molecule has 1 N–H and O–H groups in total. The number of piperazine rings is 1. The first-order valence-electron chi connectivity index (χ1n) is 9.01. The maximum absolute atomic E-state index is 12.5. The largest absolute Gasteiger partial charge is 0.367 e. The zero-order valence-electron chi connectivity index (χ0n) is 15.6. The summed E-state index contributed by atoms with van der Waals surface area (Å²) >= 11 is 0. The summed E-state index contributed by atoms with van der Waals surface area (Å²) in [6.07, 6.45) is 2.13. The maximum atomic E-state index is 12.5. The Morgan fingerprint density at radius 2 is 2.00 bits per heavy atom. The molecule has 3 rings (SSSR count). The van der Waals surface area contributed by atoms with Gasteiger partial charge in [-0.05, 0) is 31.5 Å². The fourth-order valence-electron chi connectivity index (χ4n) is 3.04. The van der Waals surface area contributed by atoms with Crippen LogP contribution in [0.4, 0.5) is 11.6 Å². The summed E-state index contributed by atoms with van der Waals surface area (Å²) in [5.74, 6) is 1.48. The Hall–Kier alpha value is -3.21. The van der Waals surface area contributed by atoms with E-state index in [0.29, 0.717) is 37.4 Å². The van der Waals surface area contributed by atoms with Crippen molar-refractivity contribution in [1.82, 2.24) is 20.1 Å². The molecule has 27 heavy (non-hydrogen) atoms. The van der Waals surface area contributed by atoms with Crippen molar-refractivity contribution in [1.29, 1.82) is 5.26 Å². The first kappa shape index (κ1) is 18.6. The quantitative estimate of drug-likeness (QED) is 0.857. The van der Waals surface area contributed by atoms with Gasteiger partial charge in [-0.15, -0.1) is 5.10 Å². The van der Waals surface area contributed by atoms with Gasteiger partial charge in [0, 0.05) is 45.3 Å². The Balaban J connectivity index is 1.48. The molecule has 0 saturated carbocycles. The molecule has 0 unspecified atom stereocenters. The van der Waals surface area contributed by atoms with Crippen molar-refractivity contribution in [3.63, 3.8) is 0 Å². The zero-order valence-corrected chi connectivity index (χ0v) is 15.6. The van der Waals surface area contributed by atoms with Gasteiger partial charge in [0.25, 0.3) is 0 Å². The molecule has 0 bridgehead atoms. The Labute approximate surface area is 158 Å². The van der Waals surface area contributed by atoms with Gasteiger partial charge in [0.15, 0.2) is 5.82 Å². The van der Waals surface area contributed by atoms with E-state index < -0.39 is 0 Å². The van der Waals surface area contributed by atoms with Crippen LogP contribution < -0.4 is 10.2 Å². The summed E-state index contributed by atoms with van der Waals surface area (Å²) in [5, 5.41) is 20.5. The molecule has 140 valence electrons. The summed E-state index contributed by atoms with van der Waals surface area (Å²) in [6, 6.07) is 8.01. The fourth-order valence-corrected chi connectivity index (χ4v) is 3.04. The molecule has 0 atom stereocenters. The lowest BCUT2D eigenvalue weighted by Gasteiger charge is -2.35. The molecule has 2 aromatic rings. The SMILES string of the molecule is Cc1nnc(NCCC(=O)N2CCN(c3ccccn3)CC2)c(C#N)c1C. The van der Waals surface area contributed by atoms with Gasteiger partial charge in [0.2, 0.25) is 5.91 Å². The number of anilines is 2. The number of rotatable bonds is 5. The van der Waals surface area contributed by atoms with Crippen LogP contribution in [0.15, 0.2) is 24.4 Å². The second-order valence-corrected chi connectivity index (χ2v) is 6.48. The Morgan fingerprint density at radius 1 is 1.22 bits per heavy atom. The van der Waals surface area contributed by atoms with Crippen molar-refractivity contribution in [2.24, 2.45) is 0 Å². The number of hydrogen-bond acceptors (Lipinski definition) is 7. The first-order chi connectivity index (χ1) is 13.1. The number of nitrogens with zero attached hydrogens (tertiary/aromatic N) is 6. The predicted octanol–water partition coefficient (Wildman–Crippen LogP) is 1.51. The van der Waals surface area contributed by atoms with Crippen LogP contribution in [0.3, 0.4) is 0 Å². The van der Waals surface area contributed by atoms with Crippen LogP contribution in [0.1, 0.15) is 23.2 Å². The van der Waals surface area contributed by atoms with Gasteiger partial charge in [-0.25, -0.2) is 4.98 Å². The highest BCUT2D eigenvalue weighted by atomic mass is 16.2. The van der Waals surface area contributed by atoms with Crippen LogP contribution in [0.25, 0.3) is 0 Å². The first-order valence-corrected chi connectivity index (χ1v) is 9.01. The van der Waals surface area contributed by atoms with E-state index >= 15 is 0 Å². The highest BCUT2D eigenvalue weighted by Crippen LogP contribution is 2.17. The van der Waals surface area contributed by atoms with Crippen molar-refractivity contribution in [2.75, 3.05) is 42.9 Å². The van der Waals surface area contributed by atoms with E-state index in [4.69, 9.17) is 0 Å². The lowest BCUT2D eigenvalue weighted by Crippen LogP contribution is -2.49. The lowest BCUT2D eigenvalue weighted by molar-refractivity contribution is -0.131. The molecule has 0 spiro atoms. The zero-order chi connectivity index (χ0) is 19.2. The van der Waals surface area contributed by atoms with E-state index in [1.165, 1.54) is 0 Å². The molecule has 8 nitrogen and oxygen atoms in total. The molecule has 1 aliphatic rings. The maximum Gasteiger partial charge on any atom is 0.224 e. The lowest BCUT2D eigenvalue weighted by atomic mass is 10.1. The molecule has 8 heteroatoms. The Kier molecular flexibility index (Phi) is 5.81. The van der Waals surface area contributed by atoms with Crippen LogP contribution in [-0.2, 0) is 4.79 Å². The van der Waals surface area contributed by atoms with Crippen molar-refractivity contribution < 1.29 is 4.79 Å². The molecular weight excluding hydrogens is 342 g/mol. The van der Waals surface area contributed by atoms with Crippen LogP contribution in [-0.4, -0.2) is 58.7 Å². The summed E-state index contributed by atoms with van der Waals surface area (Å²) in [7, 11) is 0. The third kappa shape index (κ3) is 4.31. The number of carbonyl (C=O) groups is 1. The van der Waals surface area contributed by atoms with E-state index in [1.54, 1.807) is 6.20 Å². The van der Waals surface area contributed by atoms with E-state index in [2.05, 4.69) is 31.5 Å². The monoisotopic (exact) mass is 365 g/mol. The van der Waals surface area contributed by atoms with Gasteiger partial charge < -0.3 is 15.1 Å². The number of aryl methyl sites for hydroxylation is 1. The molecule has 1 aliphatic heterocycles. The molecule has 3 heterocycles. The number of aromatic nitrogens is 3. The van der Waals surface area contributed by atoms with Crippen molar-refractivity contribution >= 4 is 17.5 Å². The van der Waals surface area contributed by atoms with Gasteiger partial charge in [-0.2, -0.15) is 10.4 Å². The fraction of sp³-hybridized carbons (Fsp3) is 0.421. The number of nitriles is 1. The summed E-state index contributed by atoms with van der Waals surface area (Å²) in [4.78, 5) is 20.9. The van der Waals surface area contributed by atoms with Crippen LogP contribution >= 0.6 is 0 Å². The normalized spacial score (nSPS) is 14.0. The third-order valence-corrected chi connectivity index (χ3v) is 4.80. The van der Waals surface area contributed by atoms with E-state index in [0.717, 1.165) is 30.2 Å². The van der Waals surface area contributed by atoms with Crippen LogP contribution in [0.5, 0.6) is 0 Å². The number of carbonyl (C=O) groups excluding carboxylic acids is 1. The minimum Gasteiger partial charge on any atom is -0.367 e. The number of amides is 1.